The Morgan fingerprint density at radius 3 is 3.10 bits per heavy atom. The minimum absolute atomic E-state index is 0.512. The number of thiophene rings is 1. The summed E-state index contributed by atoms with van der Waals surface area (Å²) in [7, 11) is 0. The van der Waals surface area contributed by atoms with E-state index in [0.29, 0.717) is 5.03 Å². The number of rotatable bonds is 1. The Morgan fingerprint density at radius 1 is 1.80 bits per heavy atom. The van der Waals surface area contributed by atoms with Crippen molar-refractivity contribution >= 4 is 28.0 Å². The summed E-state index contributed by atoms with van der Waals surface area (Å²) >= 11 is 7.22. The fourth-order valence-electron chi connectivity index (χ4n) is 0.542. The molecule has 0 saturated heterocycles. The van der Waals surface area contributed by atoms with Gasteiger partial charge in [0.25, 0.3) is 0 Å². The lowest BCUT2D eigenvalue weighted by molar-refractivity contribution is 1.54. The van der Waals surface area contributed by atoms with Crippen LogP contribution in [0.3, 0.4) is 0 Å². The first kappa shape index (κ1) is 7.33. The molecule has 50 valence electrons. The molecule has 0 amide bonds. The monoisotopic (exact) mass is 169 g/mol. The van der Waals surface area contributed by atoms with Gasteiger partial charge in [0.05, 0.1) is 11.1 Å². The van der Waals surface area contributed by atoms with Crippen LogP contribution in [0.2, 0.25) is 0 Å². The standard InChI is InChI=1S/C7H4ClNS/c8-6(3-4-9)7-2-1-5-10-7/h1-3,5H/b6-3-. The molecule has 0 saturated carbocycles. The van der Waals surface area contributed by atoms with Crippen molar-refractivity contribution in [1.82, 2.24) is 0 Å². The minimum Gasteiger partial charge on any atom is -0.193 e. The molecular formula is C7H4ClNS. The Labute approximate surface area is 68.2 Å². The third-order valence-electron chi connectivity index (χ3n) is 0.948. The van der Waals surface area contributed by atoms with Crippen molar-refractivity contribution in [2.45, 2.75) is 0 Å². The quantitative estimate of drug-likeness (QED) is 0.593. The highest BCUT2D eigenvalue weighted by Crippen LogP contribution is 2.22. The lowest BCUT2D eigenvalue weighted by Crippen LogP contribution is -1.63. The van der Waals surface area contributed by atoms with Gasteiger partial charge in [0.1, 0.15) is 0 Å². The van der Waals surface area contributed by atoms with Gasteiger partial charge in [0.15, 0.2) is 0 Å². The van der Waals surface area contributed by atoms with E-state index < -0.39 is 0 Å². The van der Waals surface area contributed by atoms with E-state index in [9.17, 15) is 0 Å². The van der Waals surface area contributed by atoms with Crippen molar-refractivity contribution in [3.8, 4) is 6.07 Å². The van der Waals surface area contributed by atoms with E-state index in [1.54, 1.807) is 0 Å². The number of nitrogens with zero attached hydrogens (tertiary/aromatic N) is 1. The van der Waals surface area contributed by atoms with Crippen LogP contribution in [-0.4, -0.2) is 0 Å². The zero-order valence-electron chi connectivity index (χ0n) is 5.04. The van der Waals surface area contributed by atoms with Crippen molar-refractivity contribution in [3.63, 3.8) is 0 Å². The molecule has 1 nitrogen and oxygen atoms in total. The first-order valence-electron chi connectivity index (χ1n) is 2.64. The van der Waals surface area contributed by atoms with Gasteiger partial charge in [0.2, 0.25) is 0 Å². The van der Waals surface area contributed by atoms with Crippen LogP contribution in [0.4, 0.5) is 0 Å². The maximum atomic E-state index is 8.23. The predicted molar refractivity (Wildman–Crippen MR) is 43.8 cm³/mol. The summed E-state index contributed by atoms with van der Waals surface area (Å²) in [6, 6.07) is 5.64. The Kier molecular flexibility index (Phi) is 2.49. The summed E-state index contributed by atoms with van der Waals surface area (Å²) in [4.78, 5) is 0.934. The Bertz CT molecular complexity index is 268. The summed E-state index contributed by atoms with van der Waals surface area (Å²) in [5.41, 5.74) is 0. The number of hydrogen-bond acceptors (Lipinski definition) is 2. The van der Waals surface area contributed by atoms with Gasteiger partial charge in [-0.25, -0.2) is 0 Å². The summed E-state index contributed by atoms with van der Waals surface area (Å²) in [5.74, 6) is 0. The number of hydrogen-bond donors (Lipinski definition) is 0. The molecule has 0 aliphatic heterocycles. The third-order valence-corrected chi connectivity index (χ3v) is 2.28. The molecule has 3 heteroatoms. The van der Waals surface area contributed by atoms with E-state index in [1.807, 2.05) is 23.6 Å². The smallest absolute Gasteiger partial charge is 0.0928 e. The van der Waals surface area contributed by atoms with Crippen LogP contribution in [0.5, 0.6) is 0 Å². The number of halogens is 1. The second-order valence-corrected chi connectivity index (χ2v) is 2.95. The topological polar surface area (TPSA) is 23.8 Å². The molecular weight excluding hydrogens is 166 g/mol. The molecule has 0 aromatic carbocycles. The highest BCUT2D eigenvalue weighted by atomic mass is 35.5. The lowest BCUT2D eigenvalue weighted by Gasteiger charge is -1.85. The summed E-state index contributed by atoms with van der Waals surface area (Å²) < 4.78 is 0. The molecule has 0 atom stereocenters. The predicted octanol–water partition coefficient (Wildman–Crippen LogP) is 2.85. The van der Waals surface area contributed by atoms with Crippen molar-refractivity contribution in [3.05, 3.63) is 28.5 Å². The normalized spacial score (nSPS) is 11.0. The molecule has 1 aromatic rings. The molecule has 10 heavy (non-hydrogen) atoms. The van der Waals surface area contributed by atoms with Crippen molar-refractivity contribution < 1.29 is 0 Å². The molecule has 0 aliphatic carbocycles. The van der Waals surface area contributed by atoms with E-state index in [0.717, 1.165) is 4.88 Å². The van der Waals surface area contributed by atoms with Gasteiger partial charge in [0, 0.05) is 11.0 Å². The maximum Gasteiger partial charge on any atom is 0.0928 e. The maximum absolute atomic E-state index is 8.23. The van der Waals surface area contributed by atoms with E-state index >= 15 is 0 Å². The van der Waals surface area contributed by atoms with Crippen LogP contribution in [0.1, 0.15) is 4.88 Å². The average molecular weight is 170 g/mol. The van der Waals surface area contributed by atoms with Gasteiger partial charge in [-0.15, -0.1) is 11.3 Å². The molecule has 1 aromatic heterocycles. The Hall–Kier alpha value is -0.780. The second-order valence-electron chi connectivity index (χ2n) is 1.60. The fourth-order valence-corrected chi connectivity index (χ4v) is 1.42. The molecule has 0 unspecified atom stereocenters. The molecule has 1 heterocycles. The van der Waals surface area contributed by atoms with Crippen LogP contribution in [-0.2, 0) is 0 Å². The van der Waals surface area contributed by atoms with Crippen LogP contribution >= 0.6 is 22.9 Å². The highest BCUT2D eigenvalue weighted by Gasteiger charge is 1.95. The van der Waals surface area contributed by atoms with Gasteiger partial charge in [-0.2, -0.15) is 5.26 Å². The first-order valence-corrected chi connectivity index (χ1v) is 3.89. The van der Waals surface area contributed by atoms with Crippen LogP contribution in [0.25, 0.3) is 5.03 Å². The van der Waals surface area contributed by atoms with Crippen LogP contribution < -0.4 is 0 Å². The van der Waals surface area contributed by atoms with Gasteiger partial charge >= 0.3 is 0 Å². The van der Waals surface area contributed by atoms with E-state index in [4.69, 9.17) is 16.9 Å². The van der Waals surface area contributed by atoms with Gasteiger partial charge in [-0.1, -0.05) is 17.7 Å². The highest BCUT2D eigenvalue weighted by molar-refractivity contribution is 7.12. The average Bonchev–Trinajstić information content (AvgIpc) is 2.38. The van der Waals surface area contributed by atoms with Crippen molar-refractivity contribution in [2.24, 2.45) is 0 Å². The second kappa shape index (κ2) is 3.40. The van der Waals surface area contributed by atoms with Gasteiger partial charge < -0.3 is 0 Å². The number of allylic oxidation sites excluding steroid dienone is 1. The van der Waals surface area contributed by atoms with Crippen LogP contribution in [0.15, 0.2) is 23.6 Å². The summed E-state index contributed by atoms with van der Waals surface area (Å²) in [6.07, 6.45) is 1.33. The van der Waals surface area contributed by atoms with E-state index in [1.165, 1.54) is 17.4 Å². The molecule has 0 radical (unpaired) electrons. The SMILES string of the molecule is N#C/C=C(\Cl)c1cccs1. The lowest BCUT2D eigenvalue weighted by atomic mass is 10.4. The first-order chi connectivity index (χ1) is 4.84. The molecule has 0 fully saturated rings. The zero-order valence-corrected chi connectivity index (χ0v) is 6.62. The largest absolute Gasteiger partial charge is 0.193 e. The molecule has 1 rings (SSSR count). The summed E-state index contributed by atoms with van der Waals surface area (Å²) in [6.45, 7) is 0. The van der Waals surface area contributed by atoms with Crippen molar-refractivity contribution in [2.75, 3.05) is 0 Å². The summed E-state index contributed by atoms with van der Waals surface area (Å²) in [5, 5.41) is 10.7. The molecule has 0 N–H and O–H groups in total. The Balaban J connectivity index is 2.90. The molecule has 0 bridgehead atoms. The van der Waals surface area contributed by atoms with Gasteiger partial charge in [-0.05, 0) is 11.4 Å². The third kappa shape index (κ3) is 1.60. The fraction of sp³-hybridized carbons (Fsp3) is 0. The van der Waals surface area contributed by atoms with Crippen molar-refractivity contribution in [1.29, 1.82) is 5.26 Å². The minimum atomic E-state index is 0.512. The Morgan fingerprint density at radius 2 is 2.60 bits per heavy atom. The van der Waals surface area contributed by atoms with Gasteiger partial charge in [-0.3, -0.25) is 0 Å². The molecule has 0 spiro atoms. The zero-order chi connectivity index (χ0) is 7.40. The van der Waals surface area contributed by atoms with E-state index in [2.05, 4.69) is 0 Å². The van der Waals surface area contributed by atoms with E-state index in [-0.39, 0.29) is 0 Å². The van der Waals surface area contributed by atoms with Crippen LogP contribution in [0, 0.1) is 11.3 Å². The molecule has 0 aliphatic rings. The number of nitriles is 1.